The molecule has 1 rings (SSSR count). The minimum absolute atomic E-state index is 0.567. The average Bonchev–Trinajstić information content (AvgIpc) is 2.14. The van der Waals surface area contributed by atoms with Gasteiger partial charge in [0.25, 0.3) is 0 Å². The zero-order chi connectivity index (χ0) is 9.52. The number of hydrogen-bond acceptors (Lipinski definition) is 2. The summed E-state index contributed by atoms with van der Waals surface area (Å²) in [5.74, 6) is 0.618. The minimum atomic E-state index is -0.748. The quantitative estimate of drug-likeness (QED) is 0.671. The van der Waals surface area contributed by atoms with Gasteiger partial charge in [0.15, 0.2) is 0 Å². The van der Waals surface area contributed by atoms with Gasteiger partial charge in [0, 0.05) is 22.8 Å². The Bertz CT molecular complexity index is 259. The highest BCUT2D eigenvalue weighted by Crippen LogP contribution is 1.99. The summed E-state index contributed by atoms with van der Waals surface area (Å²) in [6, 6.07) is 9.98. The van der Waals surface area contributed by atoms with Crippen LogP contribution in [0.3, 0.4) is 0 Å². The highest BCUT2D eigenvalue weighted by molar-refractivity contribution is 7.84. The molecule has 72 valence electrons. The molecule has 0 fully saturated rings. The van der Waals surface area contributed by atoms with Crippen molar-refractivity contribution < 1.29 is 8.95 Å². The molecule has 2 nitrogen and oxygen atoms in total. The van der Waals surface area contributed by atoms with Crippen LogP contribution in [0.15, 0.2) is 30.3 Å². The third-order valence-corrected chi connectivity index (χ3v) is 2.37. The lowest BCUT2D eigenvalue weighted by Gasteiger charge is -2.02. The van der Waals surface area contributed by atoms with Crippen LogP contribution in [0.2, 0.25) is 0 Å². The molecule has 13 heavy (non-hydrogen) atoms. The minimum Gasteiger partial charge on any atom is -0.376 e. The van der Waals surface area contributed by atoms with Crippen molar-refractivity contribution in [2.24, 2.45) is 0 Å². The smallest absolute Gasteiger partial charge is 0.0717 e. The van der Waals surface area contributed by atoms with E-state index in [2.05, 4.69) is 0 Å². The molecule has 1 aromatic carbocycles. The van der Waals surface area contributed by atoms with Crippen LogP contribution in [0.1, 0.15) is 5.56 Å². The molecule has 0 heterocycles. The van der Waals surface area contributed by atoms with Gasteiger partial charge in [-0.3, -0.25) is 4.21 Å². The van der Waals surface area contributed by atoms with Crippen LogP contribution >= 0.6 is 0 Å². The van der Waals surface area contributed by atoms with Crippen molar-refractivity contribution in [2.45, 2.75) is 6.61 Å². The zero-order valence-corrected chi connectivity index (χ0v) is 8.55. The molecule has 0 N–H and O–H groups in total. The molecule has 0 amide bonds. The summed E-state index contributed by atoms with van der Waals surface area (Å²) >= 11 is 0. The van der Waals surface area contributed by atoms with E-state index in [1.807, 2.05) is 30.3 Å². The molecular weight excluding hydrogens is 184 g/mol. The van der Waals surface area contributed by atoms with Crippen LogP contribution in [-0.4, -0.2) is 22.8 Å². The first-order valence-electron chi connectivity index (χ1n) is 4.21. The summed E-state index contributed by atoms with van der Waals surface area (Å²) in [7, 11) is -0.748. The standard InChI is InChI=1S/C10H14O2S/c1-13(11)8-7-12-9-10-5-3-2-4-6-10/h2-6H,7-9H2,1H3. The first kappa shape index (κ1) is 10.4. The molecule has 0 saturated heterocycles. The van der Waals surface area contributed by atoms with E-state index in [-0.39, 0.29) is 0 Å². The van der Waals surface area contributed by atoms with E-state index in [1.54, 1.807) is 6.26 Å². The molecule has 0 spiro atoms. The van der Waals surface area contributed by atoms with E-state index in [1.165, 1.54) is 0 Å². The van der Waals surface area contributed by atoms with Crippen LogP contribution in [0.4, 0.5) is 0 Å². The Kier molecular flexibility index (Phi) is 4.72. The second-order valence-electron chi connectivity index (χ2n) is 2.82. The fourth-order valence-electron chi connectivity index (χ4n) is 0.941. The molecule has 0 aliphatic rings. The van der Waals surface area contributed by atoms with Crippen molar-refractivity contribution in [3.8, 4) is 0 Å². The summed E-state index contributed by atoms with van der Waals surface area (Å²) in [5, 5.41) is 0. The molecule has 0 aromatic heterocycles. The maximum Gasteiger partial charge on any atom is 0.0717 e. The second kappa shape index (κ2) is 5.89. The lowest BCUT2D eigenvalue weighted by atomic mass is 10.2. The first-order valence-corrected chi connectivity index (χ1v) is 5.93. The topological polar surface area (TPSA) is 26.3 Å². The Hall–Kier alpha value is -0.670. The van der Waals surface area contributed by atoms with Crippen molar-refractivity contribution in [2.75, 3.05) is 18.6 Å². The fourth-order valence-corrected chi connectivity index (χ4v) is 1.29. The van der Waals surface area contributed by atoms with E-state index in [4.69, 9.17) is 4.74 Å². The molecule has 0 radical (unpaired) electrons. The molecule has 1 aromatic rings. The number of benzene rings is 1. The number of hydrogen-bond donors (Lipinski definition) is 0. The maximum atomic E-state index is 10.7. The summed E-state index contributed by atoms with van der Waals surface area (Å²) in [6.45, 7) is 1.18. The number of ether oxygens (including phenoxy) is 1. The fraction of sp³-hybridized carbons (Fsp3) is 0.400. The molecule has 0 saturated carbocycles. The van der Waals surface area contributed by atoms with Gasteiger partial charge in [-0.25, -0.2) is 0 Å². The van der Waals surface area contributed by atoms with Gasteiger partial charge >= 0.3 is 0 Å². The lowest BCUT2D eigenvalue weighted by molar-refractivity contribution is 0.136. The first-order chi connectivity index (χ1) is 6.29. The van der Waals surface area contributed by atoms with Crippen LogP contribution in [-0.2, 0) is 22.1 Å². The maximum absolute atomic E-state index is 10.7. The number of rotatable bonds is 5. The molecule has 1 atom stereocenters. The van der Waals surface area contributed by atoms with Crippen molar-refractivity contribution in [1.29, 1.82) is 0 Å². The SMILES string of the molecule is CS(=O)CCOCc1ccccc1. The van der Waals surface area contributed by atoms with E-state index in [9.17, 15) is 4.21 Å². The molecule has 0 bridgehead atoms. The Morgan fingerprint density at radius 1 is 1.31 bits per heavy atom. The normalized spacial score (nSPS) is 12.7. The molecular formula is C10H14O2S. The molecule has 0 aliphatic carbocycles. The molecule has 3 heteroatoms. The predicted octanol–water partition coefficient (Wildman–Crippen LogP) is 1.58. The summed E-state index contributed by atoms with van der Waals surface area (Å²) in [4.78, 5) is 0. The highest BCUT2D eigenvalue weighted by Gasteiger charge is 1.93. The van der Waals surface area contributed by atoms with Crippen molar-refractivity contribution >= 4 is 10.8 Å². The summed E-state index contributed by atoms with van der Waals surface area (Å²) in [5.41, 5.74) is 1.16. The van der Waals surface area contributed by atoms with Gasteiger partial charge in [-0.2, -0.15) is 0 Å². The zero-order valence-electron chi connectivity index (χ0n) is 7.73. The van der Waals surface area contributed by atoms with Crippen LogP contribution in [0.25, 0.3) is 0 Å². The van der Waals surface area contributed by atoms with Crippen molar-refractivity contribution in [3.05, 3.63) is 35.9 Å². The van der Waals surface area contributed by atoms with Crippen LogP contribution in [0, 0.1) is 0 Å². The third kappa shape index (κ3) is 4.80. The van der Waals surface area contributed by atoms with Gasteiger partial charge in [-0.05, 0) is 5.56 Å². The van der Waals surface area contributed by atoms with Gasteiger partial charge in [0.05, 0.1) is 13.2 Å². The van der Waals surface area contributed by atoms with E-state index in [0.717, 1.165) is 5.56 Å². The third-order valence-electron chi connectivity index (χ3n) is 1.63. The second-order valence-corrected chi connectivity index (χ2v) is 4.37. The monoisotopic (exact) mass is 198 g/mol. The van der Waals surface area contributed by atoms with Gasteiger partial charge < -0.3 is 4.74 Å². The molecule has 1 unspecified atom stereocenters. The largest absolute Gasteiger partial charge is 0.376 e. The van der Waals surface area contributed by atoms with E-state index >= 15 is 0 Å². The van der Waals surface area contributed by atoms with Crippen LogP contribution < -0.4 is 0 Å². The molecule has 0 aliphatic heterocycles. The highest BCUT2D eigenvalue weighted by atomic mass is 32.2. The van der Waals surface area contributed by atoms with Crippen molar-refractivity contribution in [1.82, 2.24) is 0 Å². The van der Waals surface area contributed by atoms with Crippen LogP contribution in [0.5, 0.6) is 0 Å². The summed E-state index contributed by atoms with van der Waals surface area (Å²) < 4.78 is 16.0. The van der Waals surface area contributed by atoms with E-state index < -0.39 is 10.8 Å². The van der Waals surface area contributed by atoms with Gasteiger partial charge in [0.2, 0.25) is 0 Å². The summed E-state index contributed by atoms with van der Waals surface area (Å²) in [6.07, 6.45) is 1.69. The lowest BCUT2D eigenvalue weighted by Crippen LogP contribution is -2.04. The Morgan fingerprint density at radius 2 is 2.00 bits per heavy atom. The Labute approximate surface area is 81.4 Å². The van der Waals surface area contributed by atoms with Gasteiger partial charge in [0.1, 0.15) is 0 Å². The van der Waals surface area contributed by atoms with Gasteiger partial charge in [-0.15, -0.1) is 0 Å². The van der Waals surface area contributed by atoms with Gasteiger partial charge in [-0.1, -0.05) is 30.3 Å². The van der Waals surface area contributed by atoms with Crippen molar-refractivity contribution in [3.63, 3.8) is 0 Å². The predicted molar refractivity (Wildman–Crippen MR) is 55.0 cm³/mol. The Balaban J connectivity index is 2.17. The average molecular weight is 198 g/mol. The Morgan fingerprint density at radius 3 is 2.62 bits per heavy atom. The van der Waals surface area contributed by atoms with E-state index in [0.29, 0.717) is 19.0 Å².